The summed E-state index contributed by atoms with van der Waals surface area (Å²) in [5.74, 6) is 1.08. The number of rotatable bonds is 6. The van der Waals surface area contributed by atoms with E-state index >= 15 is 0 Å². The first-order chi connectivity index (χ1) is 16.7. The molecule has 8 heteroatoms. The highest BCUT2D eigenvalue weighted by Crippen LogP contribution is 2.45. The molecule has 0 fully saturated rings. The molecular weight excluding hydrogens is 462 g/mol. The van der Waals surface area contributed by atoms with Gasteiger partial charge in [-0.15, -0.1) is 11.3 Å². The van der Waals surface area contributed by atoms with Crippen LogP contribution < -0.4 is 20.1 Å². The lowest BCUT2D eigenvalue weighted by atomic mass is 9.72. The average molecular weight is 494 g/mol. The van der Waals surface area contributed by atoms with Crippen LogP contribution in [0.3, 0.4) is 0 Å². The molecule has 1 aliphatic carbocycles. The van der Waals surface area contributed by atoms with Crippen LogP contribution in [0.25, 0.3) is 0 Å². The van der Waals surface area contributed by atoms with E-state index in [-0.39, 0.29) is 17.2 Å². The number of fused-ring (bicyclic) bond motifs is 1. The van der Waals surface area contributed by atoms with Crippen molar-refractivity contribution < 1.29 is 19.1 Å². The lowest BCUT2D eigenvalue weighted by molar-refractivity contribution is 0.102. The molecule has 0 unspecified atom stereocenters. The molecule has 1 atom stereocenters. The predicted octanol–water partition coefficient (Wildman–Crippen LogP) is 5.82. The second kappa shape index (κ2) is 10.1. The zero-order valence-electron chi connectivity index (χ0n) is 20.7. The second-order valence-corrected chi connectivity index (χ2v) is 10.8. The summed E-state index contributed by atoms with van der Waals surface area (Å²) in [5.41, 5.74) is 2.69. The van der Waals surface area contributed by atoms with Gasteiger partial charge in [0.05, 0.1) is 25.5 Å². The standard InChI is InChI=1S/C27H31N3O4S/c1-27(2,3)17-6-8-19-22(14-17)35-26(30-24(31)16-10-12-28-13-11-16)23(19)25(32)29-20-15-18(33-4)7-9-21(20)34-5/h7,9-13,15,17H,6,8,14H2,1-5H3,(H,29,32)(H,30,31)/t17-/m0/s1. The third-order valence-corrected chi connectivity index (χ3v) is 7.71. The lowest BCUT2D eigenvalue weighted by Crippen LogP contribution is -2.27. The Morgan fingerprint density at radius 1 is 1.03 bits per heavy atom. The van der Waals surface area contributed by atoms with Crippen LogP contribution in [0, 0.1) is 11.3 Å². The Balaban J connectivity index is 1.71. The topological polar surface area (TPSA) is 89.5 Å². The third-order valence-electron chi connectivity index (χ3n) is 6.54. The largest absolute Gasteiger partial charge is 0.497 e. The van der Waals surface area contributed by atoms with Crippen LogP contribution >= 0.6 is 11.3 Å². The molecule has 2 amide bonds. The van der Waals surface area contributed by atoms with E-state index in [1.54, 1.807) is 56.9 Å². The smallest absolute Gasteiger partial charge is 0.259 e. The fourth-order valence-corrected chi connectivity index (χ4v) is 5.75. The number of carbonyl (C=O) groups excluding carboxylic acids is 2. The average Bonchev–Trinajstić information content (AvgIpc) is 3.21. The molecule has 1 aromatic carbocycles. The first-order valence-corrected chi connectivity index (χ1v) is 12.4. The van der Waals surface area contributed by atoms with Crippen molar-refractivity contribution in [1.82, 2.24) is 4.98 Å². The van der Waals surface area contributed by atoms with Gasteiger partial charge < -0.3 is 20.1 Å². The number of nitrogens with zero attached hydrogens (tertiary/aromatic N) is 1. The number of methoxy groups -OCH3 is 2. The van der Waals surface area contributed by atoms with Crippen LogP contribution in [0.15, 0.2) is 42.7 Å². The van der Waals surface area contributed by atoms with E-state index in [1.807, 2.05) is 0 Å². The summed E-state index contributed by atoms with van der Waals surface area (Å²) in [6, 6.07) is 8.55. The van der Waals surface area contributed by atoms with Gasteiger partial charge in [0.25, 0.3) is 11.8 Å². The molecule has 2 aromatic heterocycles. The van der Waals surface area contributed by atoms with Crippen molar-refractivity contribution >= 4 is 33.8 Å². The summed E-state index contributed by atoms with van der Waals surface area (Å²) < 4.78 is 10.8. The normalized spacial score (nSPS) is 15.2. The van der Waals surface area contributed by atoms with Gasteiger partial charge in [0, 0.05) is 28.9 Å². The fourth-order valence-electron chi connectivity index (χ4n) is 4.43. The van der Waals surface area contributed by atoms with Crippen molar-refractivity contribution in [3.63, 3.8) is 0 Å². The lowest BCUT2D eigenvalue weighted by Gasteiger charge is -2.33. The minimum absolute atomic E-state index is 0.165. The molecule has 1 aliphatic rings. The van der Waals surface area contributed by atoms with Crippen LogP contribution in [0.2, 0.25) is 0 Å². The number of pyridine rings is 1. The van der Waals surface area contributed by atoms with Crippen LogP contribution in [0.5, 0.6) is 11.5 Å². The zero-order valence-corrected chi connectivity index (χ0v) is 21.5. The number of anilines is 2. The fraction of sp³-hybridized carbons (Fsp3) is 0.370. The van der Waals surface area contributed by atoms with Crippen LogP contribution in [-0.4, -0.2) is 31.0 Å². The van der Waals surface area contributed by atoms with Crippen molar-refractivity contribution in [3.05, 3.63) is 64.3 Å². The van der Waals surface area contributed by atoms with Gasteiger partial charge in [0.15, 0.2) is 0 Å². The molecule has 0 radical (unpaired) electrons. The maximum atomic E-state index is 13.7. The van der Waals surface area contributed by atoms with Crippen LogP contribution in [0.1, 0.15) is 58.3 Å². The van der Waals surface area contributed by atoms with E-state index in [1.165, 1.54) is 11.3 Å². The zero-order chi connectivity index (χ0) is 25.2. The van der Waals surface area contributed by atoms with Gasteiger partial charge in [-0.1, -0.05) is 20.8 Å². The van der Waals surface area contributed by atoms with E-state index in [0.717, 1.165) is 29.7 Å². The van der Waals surface area contributed by atoms with E-state index < -0.39 is 0 Å². The highest BCUT2D eigenvalue weighted by Gasteiger charge is 2.34. The van der Waals surface area contributed by atoms with Gasteiger partial charge >= 0.3 is 0 Å². The molecule has 2 N–H and O–H groups in total. The second-order valence-electron chi connectivity index (χ2n) is 9.72. The quantitative estimate of drug-likeness (QED) is 0.452. The Morgan fingerprint density at radius 2 is 1.77 bits per heavy atom. The minimum Gasteiger partial charge on any atom is -0.497 e. The molecule has 0 spiro atoms. The Labute approximate surface area is 209 Å². The number of nitrogens with one attached hydrogen (secondary N) is 2. The molecule has 7 nitrogen and oxygen atoms in total. The molecule has 3 aromatic rings. The first kappa shape index (κ1) is 24.7. The summed E-state index contributed by atoms with van der Waals surface area (Å²) in [5, 5.41) is 6.54. The third kappa shape index (κ3) is 5.32. The van der Waals surface area contributed by atoms with Gasteiger partial charge in [-0.2, -0.15) is 0 Å². The number of aromatic nitrogens is 1. The monoisotopic (exact) mass is 493 g/mol. The Kier molecular flexibility index (Phi) is 7.12. The number of carbonyl (C=O) groups is 2. The molecule has 184 valence electrons. The van der Waals surface area contributed by atoms with Crippen molar-refractivity contribution in [1.29, 1.82) is 0 Å². The van der Waals surface area contributed by atoms with Gasteiger partial charge in [-0.25, -0.2) is 0 Å². The van der Waals surface area contributed by atoms with E-state index in [2.05, 4.69) is 36.4 Å². The summed E-state index contributed by atoms with van der Waals surface area (Å²) in [4.78, 5) is 31.8. The highest BCUT2D eigenvalue weighted by molar-refractivity contribution is 7.17. The molecular formula is C27H31N3O4S. The van der Waals surface area contributed by atoms with Crippen LogP contribution in [0.4, 0.5) is 10.7 Å². The van der Waals surface area contributed by atoms with E-state index in [4.69, 9.17) is 9.47 Å². The predicted molar refractivity (Wildman–Crippen MR) is 139 cm³/mol. The summed E-state index contributed by atoms with van der Waals surface area (Å²) >= 11 is 1.50. The van der Waals surface area contributed by atoms with Crippen molar-refractivity contribution in [3.8, 4) is 11.5 Å². The Hall–Kier alpha value is -3.39. The molecule has 0 saturated heterocycles. The van der Waals surface area contributed by atoms with Crippen molar-refractivity contribution in [2.24, 2.45) is 11.3 Å². The maximum absolute atomic E-state index is 13.7. The number of hydrogen-bond donors (Lipinski definition) is 2. The minimum atomic E-state index is -0.284. The summed E-state index contributed by atoms with van der Waals surface area (Å²) in [6.45, 7) is 6.77. The number of benzene rings is 1. The Bertz CT molecular complexity index is 1230. The van der Waals surface area contributed by atoms with Gasteiger partial charge in [0.1, 0.15) is 16.5 Å². The van der Waals surface area contributed by atoms with E-state index in [9.17, 15) is 9.59 Å². The number of amides is 2. The molecule has 0 aliphatic heterocycles. The van der Waals surface area contributed by atoms with Gasteiger partial charge in [-0.05, 0) is 60.4 Å². The number of hydrogen-bond acceptors (Lipinski definition) is 6. The van der Waals surface area contributed by atoms with Gasteiger partial charge in [-0.3, -0.25) is 14.6 Å². The SMILES string of the molecule is COc1ccc(OC)c(NC(=O)c2c(NC(=O)c3ccncc3)sc3c2CC[C@H](C(C)(C)C)C3)c1. The van der Waals surface area contributed by atoms with Crippen molar-refractivity contribution in [2.75, 3.05) is 24.9 Å². The molecule has 0 saturated carbocycles. The molecule has 2 heterocycles. The molecule has 35 heavy (non-hydrogen) atoms. The molecule has 0 bridgehead atoms. The number of ether oxygens (including phenoxy) is 2. The summed E-state index contributed by atoms with van der Waals surface area (Å²) in [6.07, 6.45) is 5.82. The van der Waals surface area contributed by atoms with Gasteiger partial charge in [0.2, 0.25) is 0 Å². The molecule has 4 rings (SSSR count). The summed E-state index contributed by atoms with van der Waals surface area (Å²) in [7, 11) is 3.12. The first-order valence-electron chi connectivity index (χ1n) is 11.6. The number of thiophene rings is 1. The Morgan fingerprint density at radius 3 is 2.43 bits per heavy atom. The highest BCUT2D eigenvalue weighted by atomic mass is 32.1. The van der Waals surface area contributed by atoms with E-state index in [0.29, 0.717) is 39.2 Å². The van der Waals surface area contributed by atoms with Crippen LogP contribution in [-0.2, 0) is 12.8 Å². The maximum Gasteiger partial charge on any atom is 0.259 e. The van der Waals surface area contributed by atoms with Crippen molar-refractivity contribution in [2.45, 2.75) is 40.0 Å².